The molecule has 0 spiro atoms. The highest BCUT2D eigenvalue weighted by Crippen LogP contribution is 2.34. The van der Waals surface area contributed by atoms with E-state index in [1.54, 1.807) is 55.5 Å². The lowest BCUT2D eigenvalue weighted by atomic mass is 10.0. The Morgan fingerprint density at radius 1 is 0.880 bits per heavy atom. The molecule has 0 N–H and O–H groups in total. The van der Waals surface area contributed by atoms with Crippen LogP contribution >= 0.6 is 0 Å². The zero-order valence-corrected chi connectivity index (χ0v) is 13.6. The van der Waals surface area contributed by atoms with Gasteiger partial charge in [-0.25, -0.2) is 15.0 Å². The van der Waals surface area contributed by atoms with Gasteiger partial charge in [0.25, 0.3) is 0 Å². The van der Waals surface area contributed by atoms with Crippen LogP contribution in [0, 0.1) is 0 Å². The van der Waals surface area contributed by atoms with Crippen LogP contribution in [-0.4, -0.2) is 29.0 Å². The van der Waals surface area contributed by atoms with E-state index < -0.39 is 11.7 Å². The summed E-state index contributed by atoms with van der Waals surface area (Å²) in [4.78, 5) is 13.9. The third kappa shape index (κ3) is 3.76. The van der Waals surface area contributed by atoms with Gasteiger partial charge in [0.15, 0.2) is 0 Å². The molecule has 0 aliphatic heterocycles. The minimum Gasteiger partial charge on any atom is -0.363 e. The number of benzene rings is 1. The maximum atomic E-state index is 13.2. The molecule has 0 aliphatic carbocycles. The molecule has 2 aromatic heterocycles. The molecule has 0 atom stereocenters. The summed E-state index contributed by atoms with van der Waals surface area (Å²) in [5.41, 5.74) is 1.75. The zero-order chi connectivity index (χ0) is 18.0. The molecule has 0 saturated carbocycles. The van der Waals surface area contributed by atoms with Crippen LogP contribution in [0.2, 0.25) is 0 Å². The van der Waals surface area contributed by atoms with E-state index in [-0.39, 0.29) is 11.5 Å². The van der Waals surface area contributed by atoms with Gasteiger partial charge in [0.2, 0.25) is 0 Å². The van der Waals surface area contributed by atoms with Crippen LogP contribution in [0.1, 0.15) is 5.56 Å². The average Bonchev–Trinajstić information content (AvgIpc) is 2.61. The van der Waals surface area contributed by atoms with Crippen molar-refractivity contribution < 1.29 is 13.2 Å². The quantitative estimate of drug-likeness (QED) is 0.711. The first-order valence-electron chi connectivity index (χ1n) is 7.48. The molecule has 0 bridgehead atoms. The van der Waals surface area contributed by atoms with Crippen molar-refractivity contribution in [3.05, 3.63) is 60.6 Å². The first-order valence-corrected chi connectivity index (χ1v) is 7.48. The van der Waals surface area contributed by atoms with Crippen molar-refractivity contribution in [2.45, 2.75) is 6.18 Å². The minimum atomic E-state index is -4.43. The number of halogens is 3. The Morgan fingerprint density at radius 3 is 2.04 bits per heavy atom. The summed E-state index contributed by atoms with van der Waals surface area (Å²) in [7, 11) is 3.31. The fourth-order valence-corrected chi connectivity index (χ4v) is 2.33. The zero-order valence-electron chi connectivity index (χ0n) is 13.6. The van der Waals surface area contributed by atoms with Crippen molar-refractivity contribution >= 4 is 5.82 Å². The number of rotatable bonds is 3. The predicted octanol–water partition coefficient (Wildman–Crippen LogP) is 4.29. The van der Waals surface area contributed by atoms with Gasteiger partial charge >= 0.3 is 6.18 Å². The molecule has 0 aliphatic rings. The van der Waals surface area contributed by atoms with Gasteiger partial charge in [-0.1, -0.05) is 24.3 Å². The second-order valence-corrected chi connectivity index (χ2v) is 5.66. The summed E-state index contributed by atoms with van der Waals surface area (Å²) in [5, 5.41) is 0. The molecular formula is C18H15F3N4. The number of pyridine rings is 1. The Balaban J connectivity index is 2.02. The Morgan fingerprint density at radius 2 is 1.52 bits per heavy atom. The van der Waals surface area contributed by atoms with E-state index in [1.165, 1.54) is 6.33 Å². The fraction of sp³-hybridized carbons (Fsp3) is 0.167. The lowest BCUT2D eigenvalue weighted by Gasteiger charge is -2.16. The molecule has 4 nitrogen and oxygen atoms in total. The molecule has 0 fully saturated rings. The van der Waals surface area contributed by atoms with Crippen LogP contribution in [0.15, 0.2) is 55.0 Å². The van der Waals surface area contributed by atoms with Crippen molar-refractivity contribution in [1.82, 2.24) is 15.0 Å². The molecule has 2 heterocycles. The van der Waals surface area contributed by atoms with Gasteiger partial charge < -0.3 is 4.90 Å². The van der Waals surface area contributed by atoms with Gasteiger partial charge in [-0.3, -0.25) is 0 Å². The predicted molar refractivity (Wildman–Crippen MR) is 90.0 cm³/mol. The average molecular weight is 344 g/mol. The molecular weight excluding hydrogens is 329 g/mol. The van der Waals surface area contributed by atoms with Crippen LogP contribution in [0.4, 0.5) is 19.0 Å². The second kappa shape index (κ2) is 6.51. The van der Waals surface area contributed by atoms with E-state index in [2.05, 4.69) is 15.0 Å². The third-order valence-corrected chi connectivity index (χ3v) is 3.66. The Kier molecular flexibility index (Phi) is 4.39. The molecule has 128 valence electrons. The van der Waals surface area contributed by atoms with Crippen LogP contribution in [0.5, 0.6) is 0 Å². The van der Waals surface area contributed by atoms with E-state index in [1.807, 2.05) is 0 Å². The SMILES string of the molecule is CN(C)c1cc(C(F)(F)F)cc(-c2ccc(-c3ccncn3)cc2)n1. The molecule has 25 heavy (non-hydrogen) atoms. The maximum absolute atomic E-state index is 13.2. The van der Waals surface area contributed by atoms with E-state index >= 15 is 0 Å². The van der Waals surface area contributed by atoms with Gasteiger partial charge in [-0.2, -0.15) is 13.2 Å². The van der Waals surface area contributed by atoms with E-state index in [0.717, 1.165) is 23.4 Å². The van der Waals surface area contributed by atoms with Crippen molar-refractivity contribution in [2.24, 2.45) is 0 Å². The smallest absolute Gasteiger partial charge is 0.363 e. The third-order valence-electron chi connectivity index (χ3n) is 3.66. The highest BCUT2D eigenvalue weighted by atomic mass is 19.4. The summed E-state index contributed by atoms with van der Waals surface area (Å²) in [6.45, 7) is 0. The van der Waals surface area contributed by atoms with Gasteiger partial charge in [0.05, 0.1) is 17.0 Å². The fourth-order valence-electron chi connectivity index (χ4n) is 2.33. The monoisotopic (exact) mass is 344 g/mol. The topological polar surface area (TPSA) is 41.9 Å². The van der Waals surface area contributed by atoms with Crippen LogP contribution in [0.25, 0.3) is 22.5 Å². The molecule has 7 heteroatoms. The van der Waals surface area contributed by atoms with Gasteiger partial charge in [0, 0.05) is 31.4 Å². The molecule has 1 aromatic carbocycles. The Hall–Kier alpha value is -2.96. The standard InChI is InChI=1S/C18H15F3N4/c1-25(2)17-10-14(18(19,20)21)9-16(24-17)13-5-3-12(4-6-13)15-7-8-22-11-23-15/h3-11H,1-2H3. The lowest BCUT2D eigenvalue weighted by molar-refractivity contribution is -0.137. The number of alkyl halides is 3. The molecule has 0 amide bonds. The van der Waals surface area contributed by atoms with Crippen molar-refractivity contribution in [1.29, 1.82) is 0 Å². The van der Waals surface area contributed by atoms with E-state index in [0.29, 0.717) is 5.56 Å². The van der Waals surface area contributed by atoms with Crippen molar-refractivity contribution in [3.63, 3.8) is 0 Å². The molecule has 3 aromatic rings. The maximum Gasteiger partial charge on any atom is 0.416 e. The Bertz CT molecular complexity index is 860. The van der Waals surface area contributed by atoms with E-state index in [4.69, 9.17) is 0 Å². The highest BCUT2D eigenvalue weighted by Gasteiger charge is 2.32. The second-order valence-electron chi connectivity index (χ2n) is 5.66. The number of aromatic nitrogens is 3. The first-order chi connectivity index (χ1) is 11.8. The summed E-state index contributed by atoms with van der Waals surface area (Å²) in [6, 6.07) is 10.9. The summed E-state index contributed by atoms with van der Waals surface area (Å²) in [5.74, 6) is 0.254. The van der Waals surface area contributed by atoms with Gasteiger partial charge in [-0.15, -0.1) is 0 Å². The van der Waals surface area contributed by atoms with Crippen LogP contribution < -0.4 is 4.90 Å². The highest BCUT2D eigenvalue weighted by molar-refractivity contribution is 5.68. The molecule has 3 rings (SSSR count). The first kappa shape index (κ1) is 16.9. The molecule has 0 radical (unpaired) electrons. The number of hydrogen-bond donors (Lipinski definition) is 0. The minimum absolute atomic E-state index is 0.254. The van der Waals surface area contributed by atoms with Crippen molar-refractivity contribution in [3.8, 4) is 22.5 Å². The summed E-state index contributed by atoms with van der Waals surface area (Å²) >= 11 is 0. The largest absolute Gasteiger partial charge is 0.416 e. The molecule has 0 unspecified atom stereocenters. The summed E-state index contributed by atoms with van der Waals surface area (Å²) < 4.78 is 39.5. The Labute approximate surface area is 143 Å². The van der Waals surface area contributed by atoms with Crippen LogP contribution in [0.3, 0.4) is 0 Å². The number of hydrogen-bond acceptors (Lipinski definition) is 4. The normalized spacial score (nSPS) is 11.4. The van der Waals surface area contributed by atoms with Crippen LogP contribution in [-0.2, 0) is 6.18 Å². The number of anilines is 1. The summed E-state index contributed by atoms with van der Waals surface area (Å²) in [6.07, 6.45) is -1.35. The molecule has 0 saturated heterocycles. The number of nitrogens with zero attached hydrogens (tertiary/aromatic N) is 4. The van der Waals surface area contributed by atoms with Crippen molar-refractivity contribution in [2.75, 3.05) is 19.0 Å². The lowest BCUT2D eigenvalue weighted by Crippen LogP contribution is -2.14. The van der Waals surface area contributed by atoms with Gasteiger partial charge in [0.1, 0.15) is 12.1 Å². The van der Waals surface area contributed by atoms with Gasteiger partial charge in [-0.05, 0) is 18.2 Å². The van der Waals surface area contributed by atoms with E-state index in [9.17, 15) is 13.2 Å².